The van der Waals surface area contributed by atoms with E-state index in [1.54, 1.807) is 0 Å². The number of rotatable bonds is 15. The lowest BCUT2D eigenvalue weighted by Gasteiger charge is -2.47. The van der Waals surface area contributed by atoms with E-state index in [9.17, 15) is 36.2 Å². The normalized spacial score (nSPS) is 42.1. The van der Waals surface area contributed by atoms with Crippen LogP contribution in [0.3, 0.4) is 0 Å². The van der Waals surface area contributed by atoms with Crippen molar-refractivity contribution in [2.24, 2.45) is 30.7 Å². The van der Waals surface area contributed by atoms with E-state index in [2.05, 4.69) is 60.2 Å². The van der Waals surface area contributed by atoms with Crippen LogP contribution in [-0.4, -0.2) is 166 Å². The lowest BCUT2D eigenvalue weighted by atomic mass is 9.84. The topological polar surface area (TPSA) is 469 Å². The molecule has 3 heterocycles. The van der Waals surface area contributed by atoms with Crippen LogP contribution in [0.25, 0.3) is 62.7 Å². The minimum Gasteiger partial charge on any atom is -0.394 e. The van der Waals surface area contributed by atoms with E-state index in [4.69, 9.17) is 56.1 Å². The number of alkyl halides is 2. The van der Waals surface area contributed by atoms with Gasteiger partial charge in [0.1, 0.15) is 42.7 Å². The summed E-state index contributed by atoms with van der Waals surface area (Å²) in [6, 6.07) is -7.39. The highest BCUT2D eigenvalue weighted by Gasteiger charge is 2.60. The highest BCUT2D eigenvalue weighted by atomic mass is 19.3. The molecule has 3 aliphatic heterocycles. The summed E-state index contributed by atoms with van der Waals surface area (Å²) >= 11 is 0. The second-order valence-corrected chi connectivity index (χ2v) is 12.1. The number of azide groups is 6. The molecular formula is C23H32F2N18O12. The van der Waals surface area contributed by atoms with Crippen LogP contribution in [-0.2, 0) is 28.4 Å². The Hall–Kier alpha value is -4.76. The van der Waals surface area contributed by atoms with E-state index < -0.39 is 142 Å². The van der Waals surface area contributed by atoms with Crippen LogP contribution in [0, 0.1) is 0 Å². The Morgan fingerprint density at radius 2 is 1.13 bits per heavy atom. The van der Waals surface area contributed by atoms with Crippen molar-refractivity contribution in [3.63, 3.8) is 0 Å². The molecule has 0 aromatic rings. The van der Waals surface area contributed by atoms with Crippen molar-refractivity contribution in [1.82, 2.24) is 0 Å². The molecule has 4 fully saturated rings. The molecule has 4 aliphatic rings. The van der Waals surface area contributed by atoms with E-state index in [-0.39, 0.29) is 0 Å². The van der Waals surface area contributed by atoms with Gasteiger partial charge in [0.15, 0.2) is 24.9 Å². The summed E-state index contributed by atoms with van der Waals surface area (Å²) in [6.45, 7) is -2.35. The summed E-state index contributed by atoms with van der Waals surface area (Å²) in [4.78, 5) is 15.2. The Morgan fingerprint density at radius 3 is 1.73 bits per heavy atom. The molecule has 55 heavy (non-hydrogen) atoms. The van der Waals surface area contributed by atoms with Crippen molar-refractivity contribution < 1.29 is 67.8 Å². The molecule has 0 radical (unpaired) electrons. The fraction of sp³-hybridized carbons (Fsp3) is 1.00. The smallest absolute Gasteiger partial charge is 0.289 e. The third-order valence-corrected chi connectivity index (χ3v) is 9.05. The van der Waals surface area contributed by atoms with E-state index >= 15 is 8.78 Å². The molecule has 0 aromatic carbocycles. The van der Waals surface area contributed by atoms with Crippen LogP contribution < -0.4 is 0 Å². The largest absolute Gasteiger partial charge is 0.394 e. The van der Waals surface area contributed by atoms with Crippen LogP contribution in [0.2, 0.25) is 0 Å². The number of aliphatic hydroxyl groups is 6. The molecule has 0 amide bonds. The van der Waals surface area contributed by atoms with Gasteiger partial charge in [0.2, 0.25) is 0 Å². The zero-order valence-electron chi connectivity index (χ0n) is 27.7. The van der Waals surface area contributed by atoms with Gasteiger partial charge in [-0.2, -0.15) is 0 Å². The predicted octanol–water partition coefficient (Wildman–Crippen LogP) is 0.489. The van der Waals surface area contributed by atoms with Crippen molar-refractivity contribution in [2.75, 3.05) is 19.7 Å². The molecule has 30 nitrogen and oxygen atoms in total. The lowest BCUT2D eigenvalue weighted by Crippen LogP contribution is -2.65. The molecule has 18 atom stereocenters. The molecule has 0 bridgehead atoms. The first kappa shape index (κ1) is 43.0. The molecule has 1 saturated carbocycles. The Labute approximate surface area is 303 Å². The third-order valence-electron chi connectivity index (χ3n) is 9.05. The second kappa shape index (κ2) is 19.2. The lowest BCUT2D eigenvalue weighted by molar-refractivity contribution is -0.330. The molecule has 6 N–H and O–H groups in total. The second-order valence-electron chi connectivity index (χ2n) is 12.1. The number of nitrogens with zero attached hydrogens (tertiary/aromatic N) is 18. The van der Waals surface area contributed by atoms with Crippen LogP contribution in [0.15, 0.2) is 30.7 Å². The monoisotopic (exact) mass is 790 g/mol. The summed E-state index contributed by atoms with van der Waals surface area (Å²) < 4.78 is 64.7. The standard InChI is InChI=1S/C23H32F2N18O12/c24-23(25)18(37-43-31)22(51-8(19(23)49)3-33-39-27)53-15-6(35-41-29)1-5(34-40-28)11(45)17(15)55-21-14(48)16(9(4-44)52-21)54-20-10(36-42-30)13(47)12(46)7(50-20)2-32-38-26/h5-22,44-49H,1-4H2/t5?,6?,7-,8+,9+,10?,11?,12+,13+,14+,15+,16+,17+,18?,19+,20+,21-,22+/m0/s1. The van der Waals surface area contributed by atoms with Crippen molar-refractivity contribution in [1.29, 1.82) is 0 Å². The summed E-state index contributed by atoms with van der Waals surface area (Å²) in [5.74, 6) is -4.31. The van der Waals surface area contributed by atoms with Crippen molar-refractivity contribution in [3.05, 3.63) is 62.7 Å². The Kier molecular flexibility index (Phi) is 15.0. The molecule has 32 heteroatoms. The Balaban J connectivity index is 1.69. The molecule has 300 valence electrons. The minimum atomic E-state index is -4.31. The fourth-order valence-corrected chi connectivity index (χ4v) is 6.40. The molecular weight excluding hydrogens is 758 g/mol. The van der Waals surface area contributed by atoms with Gasteiger partial charge in [-0.25, -0.2) is 8.78 Å². The Morgan fingerprint density at radius 1 is 0.582 bits per heavy atom. The van der Waals surface area contributed by atoms with Gasteiger partial charge in [-0.1, -0.05) is 30.7 Å². The zero-order valence-corrected chi connectivity index (χ0v) is 27.7. The molecule has 1 aliphatic carbocycles. The van der Waals surface area contributed by atoms with Crippen LogP contribution in [0.5, 0.6) is 0 Å². The van der Waals surface area contributed by atoms with Crippen molar-refractivity contribution in [2.45, 2.75) is 123 Å². The zero-order chi connectivity index (χ0) is 40.4. The first-order valence-corrected chi connectivity index (χ1v) is 15.8. The van der Waals surface area contributed by atoms with Gasteiger partial charge in [0, 0.05) is 29.5 Å². The van der Waals surface area contributed by atoms with Crippen LogP contribution >= 0.6 is 0 Å². The first-order chi connectivity index (χ1) is 26.3. The predicted molar refractivity (Wildman–Crippen MR) is 167 cm³/mol. The van der Waals surface area contributed by atoms with Gasteiger partial charge in [-0.15, -0.1) is 0 Å². The summed E-state index contributed by atoms with van der Waals surface area (Å²) in [6.07, 6.45) is -27.5. The molecule has 5 unspecified atom stereocenters. The minimum absolute atomic E-state index is 0.510. The van der Waals surface area contributed by atoms with Crippen LogP contribution in [0.4, 0.5) is 8.78 Å². The van der Waals surface area contributed by atoms with Gasteiger partial charge in [0.05, 0.1) is 62.3 Å². The molecule has 0 spiro atoms. The number of ether oxygens (including phenoxy) is 6. The quantitative estimate of drug-likeness (QED) is 0.0750. The molecule has 0 aromatic heterocycles. The first-order valence-electron chi connectivity index (χ1n) is 15.8. The van der Waals surface area contributed by atoms with Gasteiger partial charge in [0.25, 0.3) is 5.92 Å². The van der Waals surface area contributed by atoms with E-state index in [1.165, 1.54) is 0 Å². The van der Waals surface area contributed by atoms with E-state index in [0.29, 0.717) is 0 Å². The summed E-state index contributed by atoms with van der Waals surface area (Å²) in [7, 11) is 0. The maximum Gasteiger partial charge on any atom is 0.289 e. The Bertz CT molecular complexity index is 1650. The van der Waals surface area contributed by atoms with Crippen LogP contribution in [0.1, 0.15) is 6.42 Å². The summed E-state index contributed by atoms with van der Waals surface area (Å²) in [5.41, 5.74) is 54.0. The van der Waals surface area contributed by atoms with E-state index in [1.807, 2.05) is 0 Å². The molecule has 4 rings (SSSR count). The number of halogens is 2. The highest BCUT2D eigenvalue weighted by Crippen LogP contribution is 2.41. The average molecular weight is 791 g/mol. The van der Waals surface area contributed by atoms with Gasteiger partial charge in [-0.3, -0.25) is 0 Å². The van der Waals surface area contributed by atoms with Crippen molar-refractivity contribution in [3.8, 4) is 0 Å². The van der Waals surface area contributed by atoms with Gasteiger partial charge >= 0.3 is 0 Å². The summed E-state index contributed by atoms with van der Waals surface area (Å²) in [5, 5.41) is 83.9. The average Bonchev–Trinajstić information content (AvgIpc) is 3.46. The highest BCUT2D eigenvalue weighted by molar-refractivity contribution is 5.06. The van der Waals surface area contributed by atoms with E-state index in [0.717, 1.165) is 0 Å². The number of hydrogen-bond acceptors (Lipinski definition) is 18. The third kappa shape index (κ3) is 9.21. The van der Waals surface area contributed by atoms with Gasteiger partial charge < -0.3 is 59.1 Å². The maximum absolute atomic E-state index is 15.4. The van der Waals surface area contributed by atoms with Gasteiger partial charge in [-0.05, 0) is 39.6 Å². The SMILES string of the molecule is [N-]=[N+]=NC[C@@H]1O[C@H](O[C@H]2[C@@H](O)[C@H](O[C@@H]3C(O)C(N=[N+]=[N-])CC(N=[N+]=[N-])[C@H]3O[C@H]3O[C@H](CN=[N+]=[N-])[C@@H](O)C(F)(F)C3N=[N+]=[N-])O[C@@H]2CO)C(N=[N+]=[N-])[C@@H](O)[C@@H]1O. The van der Waals surface area contributed by atoms with Crippen molar-refractivity contribution >= 4 is 0 Å². The molecule has 3 saturated heterocycles. The fourth-order valence-electron chi connectivity index (χ4n) is 6.40. The maximum atomic E-state index is 15.4. The number of hydrogen-bond donors (Lipinski definition) is 6. The number of aliphatic hydroxyl groups excluding tert-OH is 6.